The number of thioether (sulfide) groups is 1. The van der Waals surface area contributed by atoms with Crippen molar-refractivity contribution in [3.05, 3.63) is 29.3 Å². The third-order valence-electron chi connectivity index (χ3n) is 4.21. The summed E-state index contributed by atoms with van der Waals surface area (Å²) in [6, 6.07) is 7.64. The van der Waals surface area contributed by atoms with E-state index in [0.29, 0.717) is 16.7 Å². The number of carbonyl (C=O) groups is 1. The van der Waals surface area contributed by atoms with Gasteiger partial charge in [0.1, 0.15) is 0 Å². The van der Waals surface area contributed by atoms with Gasteiger partial charge in [-0.25, -0.2) is 0 Å². The molecule has 0 bridgehead atoms. The number of hydrogen-bond donors (Lipinski definition) is 1. The van der Waals surface area contributed by atoms with Crippen LogP contribution in [0.4, 0.5) is 0 Å². The van der Waals surface area contributed by atoms with Crippen LogP contribution in [0.15, 0.2) is 29.4 Å². The van der Waals surface area contributed by atoms with Crippen LogP contribution in [0.2, 0.25) is 5.02 Å². The van der Waals surface area contributed by atoms with Crippen molar-refractivity contribution in [3.8, 4) is 11.4 Å². The molecular weight excluding hydrogens is 392 g/mol. The van der Waals surface area contributed by atoms with Crippen LogP contribution in [0.5, 0.6) is 0 Å². The van der Waals surface area contributed by atoms with Gasteiger partial charge in [-0.05, 0) is 57.4 Å². The maximum absolute atomic E-state index is 12.2. The smallest absolute Gasteiger partial charge is 0.230 e. The number of halogens is 1. The predicted octanol–water partition coefficient (Wildman–Crippen LogP) is 5.43. The Bertz CT molecular complexity index is 768. The highest BCUT2D eigenvalue weighted by Crippen LogP contribution is 2.27. The quantitative estimate of drug-likeness (QED) is 0.547. The van der Waals surface area contributed by atoms with Crippen LogP contribution in [0.25, 0.3) is 11.4 Å². The topological polar surface area (TPSA) is 59.8 Å². The zero-order valence-electron chi connectivity index (χ0n) is 17.5. The molecule has 1 aromatic heterocycles. The molecule has 28 heavy (non-hydrogen) atoms. The summed E-state index contributed by atoms with van der Waals surface area (Å²) in [5.74, 6) is 1.64. The average Bonchev–Trinajstić information content (AvgIpc) is 3.00. The molecule has 1 atom stereocenters. The summed E-state index contributed by atoms with van der Waals surface area (Å²) in [7, 11) is 0. The van der Waals surface area contributed by atoms with E-state index in [1.165, 1.54) is 24.6 Å². The minimum absolute atomic E-state index is 0.000811. The molecule has 0 aliphatic carbocycles. The van der Waals surface area contributed by atoms with E-state index in [9.17, 15) is 4.79 Å². The molecule has 0 saturated carbocycles. The van der Waals surface area contributed by atoms with Gasteiger partial charge in [0.2, 0.25) is 5.91 Å². The summed E-state index contributed by atoms with van der Waals surface area (Å²) in [4.78, 5) is 12.2. The molecule has 5 nitrogen and oxygen atoms in total. The van der Waals surface area contributed by atoms with Crippen molar-refractivity contribution in [2.45, 2.75) is 71.1 Å². The minimum Gasteiger partial charge on any atom is -0.351 e. The Morgan fingerprint density at radius 2 is 1.93 bits per heavy atom. The first-order chi connectivity index (χ1) is 13.2. The standard InChI is InChI=1S/C21H31ClN4OS/c1-6-7-8-15(2)13-26-19(16-9-11-17(22)12-10-16)24-25-20(26)28-14-18(27)23-21(3,4)5/h9-12,15H,6-8,13-14H2,1-5H3,(H,23,27)/t15-/m1/s1. The van der Waals surface area contributed by atoms with E-state index in [-0.39, 0.29) is 11.4 Å². The molecule has 0 fully saturated rings. The number of aromatic nitrogens is 3. The summed E-state index contributed by atoms with van der Waals surface area (Å²) in [6.07, 6.45) is 3.55. The van der Waals surface area contributed by atoms with E-state index in [2.05, 4.69) is 33.9 Å². The number of carbonyl (C=O) groups excluding carboxylic acids is 1. The summed E-state index contributed by atoms with van der Waals surface area (Å²) in [5, 5.41) is 13.3. The van der Waals surface area contributed by atoms with E-state index in [0.717, 1.165) is 29.5 Å². The lowest BCUT2D eigenvalue weighted by molar-refractivity contribution is -0.119. The first-order valence-corrected chi connectivity index (χ1v) is 11.2. The van der Waals surface area contributed by atoms with Crippen LogP contribution in [0, 0.1) is 5.92 Å². The number of benzene rings is 1. The van der Waals surface area contributed by atoms with E-state index in [1.54, 1.807) is 0 Å². The largest absolute Gasteiger partial charge is 0.351 e. The Kier molecular flexibility index (Phi) is 8.38. The fourth-order valence-electron chi connectivity index (χ4n) is 2.91. The lowest BCUT2D eigenvalue weighted by Crippen LogP contribution is -2.41. The molecule has 154 valence electrons. The normalized spacial score (nSPS) is 12.8. The lowest BCUT2D eigenvalue weighted by atomic mass is 10.0. The van der Waals surface area contributed by atoms with Gasteiger partial charge in [0.15, 0.2) is 11.0 Å². The van der Waals surface area contributed by atoms with Gasteiger partial charge in [0, 0.05) is 22.7 Å². The molecule has 2 aromatic rings. The van der Waals surface area contributed by atoms with E-state index >= 15 is 0 Å². The van der Waals surface area contributed by atoms with Gasteiger partial charge in [0.05, 0.1) is 5.75 Å². The second-order valence-corrected chi connectivity index (χ2v) is 9.64. The Balaban J connectivity index is 2.21. The minimum atomic E-state index is -0.242. The van der Waals surface area contributed by atoms with Gasteiger partial charge in [-0.2, -0.15) is 0 Å². The second-order valence-electron chi connectivity index (χ2n) is 8.26. The van der Waals surface area contributed by atoms with Crippen molar-refractivity contribution < 1.29 is 4.79 Å². The molecule has 0 unspecified atom stereocenters. The van der Waals surface area contributed by atoms with E-state index in [1.807, 2.05) is 45.0 Å². The number of rotatable bonds is 9. The Labute approximate surface area is 177 Å². The van der Waals surface area contributed by atoms with Crippen molar-refractivity contribution >= 4 is 29.3 Å². The van der Waals surface area contributed by atoms with Crippen molar-refractivity contribution in [3.63, 3.8) is 0 Å². The van der Waals surface area contributed by atoms with Gasteiger partial charge < -0.3 is 9.88 Å². The molecule has 2 rings (SSSR count). The number of nitrogens with zero attached hydrogens (tertiary/aromatic N) is 3. The van der Waals surface area contributed by atoms with Crippen LogP contribution in [-0.4, -0.2) is 32.0 Å². The molecule has 0 aliphatic rings. The fourth-order valence-corrected chi connectivity index (χ4v) is 3.79. The van der Waals surface area contributed by atoms with Gasteiger partial charge in [0.25, 0.3) is 0 Å². The van der Waals surface area contributed by atoms with Gasteiger partial charge in [-0.15, -0.1) is 10.2 Å². The van der Waals surface area contributed by atoms with Gasteiger partial charge in [-0.1, -0.05) is 50.1 Å². The van der Waals surface area contributed by atoms with Crippen LogP contribution in [-0.2, 0) is 11.3 Å². The van der Waals surface area contributed by atoms with E-state index < -0.39 is 0 Å². The first kappa shape index (κ1) is 22.8. The third-order valence-corrected chi connectivity index (χ3v) is 5.43. The van der Waals surface area contributed by atoms with Crippen molar-refractivity contribution in [2.24, 2.45) is 5.92 Å². The molecule has 0 radical (unpaired) electrons. The second kappa shape index (κ2) is 10.3. The Morgan fingerprint density at radius 3 is 2.54 bits per heavy atom. The van der Waals surface area contributed by atoms with Crippen molar-refractivity contribution in [1.82, 2.24) is 20.1 Å². The summed E-state index contributed by atoms with van der Waals surface area (Å²) >= 11 is 7.46. The molecule has 1 aromatic carbocycles. The lowest BCUT2D eigenvalue weighted by Gasteiger charge is -2.20. The third kappa shape index (κ3) is 7.13. The van der Waals surface area contributed by atoms with Crippen LogP contribution >= 0.6 is 23.4 Å². The van der Waals surface area contributed by atoms with Crippen molar-refractivity contribution in [2.75, 3.05) is 5.75 Å². The molecule has 0 aliphatic heterocycles. The first-order valence-electron chi connectivity index (χ1n) is 9.82. The number of amides is 1. The summed E-state index contributed by atoms with van der Waals surface area (Å²) in [6.45, 7) is 11.2. The maximum atomic E-state index is 12.2. The van der Waals surface area contributed by atoms with E-state index in [4.69, 9.17) is 11.6 Å². The zero-order chi connectivity index (χ0) is 20.7. The molecule has 1 N–H and O–H groups in total. The highest BCUT2D eigenvalue weighted by Gasteiger charge is 2.19. The predicted molar refractivity (Wildman–Crippen MR) is 118 cm³/mol. The highest BCUT2D eigenvalue weighted by molar-refractivity contribution is 7.99. The zero-order valence-corrected chi connectivity index (χ0v) is 19.0. The number of nitrogens with one attached hydrogen (secondary N) is 1. The molecule has 7 heteroatoms. The Hall–Kier alpha value is -1.53. The number of unbranched alkanes of at least 4 members (excludes halogenated alkanes) is 1. The Morgan fingerprint density at radius 1 is 1.25 bits per heavy atom. The van der Waals surface area contributed by atoms with Crippen LogP contribution in [0.1, 0.15) is 53.9 Å². The fraction of sp³-hybridized carbons (Fsp3) is 0.571. The van der Waals surface area contributed by atoms with Crippen LogP contribution < -0.4 is 5.32 Å². The van der Waals surface area contributed by atoms with Gasteiger partial charge >= 0.3 is 0 Å². The number of hydrogen-bond acceptors (Lipinski definition) is 4. The molecule has 1 amide bonds. The summed E-state index contributed by atoms with van der Waals surface area (Å²) in [5.41, 5.74) is 0.736. The highest BCUT2D eigenvalue weighted by atomic mass is 35.5. The molecule has 0 saturated heterocycles. The molecule has 1 heterocycles. The molecule has 0 spiro atoms. The average molecular weight is 423 g/mol. The monoisotopic (exact) mass is 422 g/mol. The van der Waals surface area contributed by atoms with Gasteiger partial charge in [-0.3, -0.25) is 4.79 Å². The molecular formula is C21H31ClN4OS. The van der Waals surface area contributed by atoms with Crippen LogP contribution in [0.3, 0.4) is 0 Å². The van der Waals surface area contributed by atoms with Crippen molar-refractivity contribution in [1.29, 1.82) is 0 Å². The summed E-state index contributed by atoms with van der Waals surface area (Å²) < 4.78 is 2.14. The maximum Gasteiger partial charge on any atom is 0.230 e. The SMILES string of the molecule is CCCC[C@@H](C)Cn1c(SCC(=O)NC(C)(C)C)nnc1-c1ccc(Cl)cc1.